The molecule has 0 bridgehead atoms. The lowest BCUT2D eigenvalue weighted by Gasteiger charge is -2.43. The van der Waals surface area contributed by atoms with Crippen molar-refractivity contribution in [2.24, 2.45) is 0 Å². The van der Waals surface area contributed by atoms with Gasteiger partial charge in [-0.1, -0.05) is 43.0 Å². The van der Waals surface area contributed by atoms with Gasteiger partial charge in [-0.15, -0.1) is 0 Å². The van der Waals surface area contributed by atoms with E-state index in [2.05, 4.69) is 11.9 Å². The van der Waals surface area contributed by atoms with E-state index >= 15 is 0 Å². The minimum absolute atomic E-state index is 0.214. The van der Waals surface area contributed by atoms with Crippen LogP contribution < -0.4 is 5.32 Å². The molecule has 1 spiro atoms. The molecule has 2 aromatic rings. The number of anilines is 1. The van der Waals surface area contributed by atoms with Crippen LogP contribution in [0.4, 0.5) is 5.69 Å². The summed E-state index contributed by atoms with van der Waals surface area (Å²) in [6, 6.07) is 15.2. The van der Waals surface area contributed by atoms with E-state index in [1.165, 1.54) is 19.3 Å². The van der Waals surface area contributed by atoms with Gasteiger partial charge in [0, 0.05) is 25.2 Å². The fraction of sp³-hybridized carbons (Fsp3) is 0.308. The van der Waals surface area contributed by atoms with Crippen LogP contribution in [0.25, 0.3) is 0 Å². The first-order chi connectivity index (χ1) is 16.4. The van der Waals surface area contributed by atoms with Crippen LogP contribution in [0.15, 0.2) is 67.3 Å². The second kappa shape index (κ2) is 9.51. The van der Waals surface area contributed by atoms with E-state index in [4.69, 9.17) is 4.74 Å². The van der Waals surface area contributed by atoms with E-state index in [-0.39, 0.29) is 24.3 Å². The lowest BCUT2D eigenvalue weighted by Crippen LogP contribution is -2.64. The number of hydrogen-bond donors (Lipinski definition) is 1. The summed E-state index contributed by atoms with van der Waals surface area (Å²) in [4.78, 5) is 54.5. The molecule has 1 heterocycles. The van der Waals surface area contributed by atoms with E-state index in [1.807, 2.05) is 30.3 Å². The minimum Gasteiger partial charge on any atom is -0.465 e. The quantitative estimate of drug-likeness (QED) is 0.505. The van der Waals surface area contributed by atoms with Gasteiger partial charge in [0.1, 0.15) is 11.6 Å². The summed E-state index contributed by atoms with van der Waals surface area (Å²) in [6.07, 6.45) is 2.69. The van der Waals surface area contributed by atoms with E-state index in [0.717, 1.165) is 5.56 Å². The molecule has 8 nitrogen and oxygen atoms in total. The third-order valence-electron chi connectivity index (χ3n) is 6.41. The predicted molar refractivity (Wildman–Crippen MR) is 126 cm³/mol. The number of hydrogen-bond acceptors (Lipinski definition) is 5. The van der Waals surface area contributed by atoms with Crippen molar-refractivity contribution in [1.82, 2.24) is 9.80 Å². The molecule has 0 unspecified atom stereocenters. The van der Waals surface area contributed by atoms with Gasteiger partial charge in [0.15, 0.2) is 0 Å². The van der Waals surface area contributed by atoms with Crippen LogP contribution in [-0.4, -0.2) is 65.3 Å². The monoisotopic (exact) mass is 461 g/mol. The second-order valence-electron chi connectivity index (χ2n) is 8.49. The number of benzene rings is 2. The average molecular weight is 462 g/mol. The minimum atomic E-state index is -0.885. The van der Waals surface area contributed by atoms with Crippen molar-refractivity contribution in [2.75, 3.05) is 25.5 Å². The normalized spacial score (nSPS) is 17.1. The number of carbonyl (C=O) groups is 4. The van der Waals surface area contributed by atoms with Crippen molar-refractivity contribution in [1.29, 1.82) is 0 Å². The van der Waals surface area contributed by atoms with E-state index < -0.39 is 17.6 Å². The first-order valence-corrected chi connectivity index (χ1v) is 11.2. The molecule has 1 aliphatic carbocycles. The highest BCUT2D eigenvalue weighted by atomic mass is 16.5. The summed E-state index contributed by atoms with van der Waals surface area (Å²) in [5, 5.41) is 2.86. The SMILES string of the molecule is C=CC(=O)N1CCN([C@@H](Cc2ccccc2)C(=O)Nc2cccc(C(=O)OC)c2)C(=O)C12CC2. The molecule has 34 heavy (non-hydrogen) atoms. The highest BCUT2D eigenvalue weighted by molar-refractivity contribution is 6.03. The maximum atomic E-state index is 13.6. The zero-order valence-corrected chi connectivity index (χ0v) is 19.0. The molecule has 176 valence electrons. The topological polar surface area (TPSA) is 96.0 Å². The molecule has 4 rings (SSSR count). The molecule has 2 aromatic carbocycles. The number of nitrogens with zero attached hydrogens (tertiary/aromatic N) is 2. The van der Waals surface area contributed by atoms with Crippen LogP contribution in [0, 0.1) is 0 Å². The number of ether oxygens (including phenoxy) is 1. The van der Waals surface area contributed by atoms with E-state index in [1.54, 1.807) is 28.0 Å². The molecule has 1 atom stereocenters. The molecule has 1 saturated heterocycles. The number of nitrogens with one attached hydrogen (secondary N) is 1. The number of piperazine rings is 1. The Balaban J connectivity index is 1.61. The fourth-order valence-electron chi connectivity index (χ4n) is 4.49. The smallest absolute Gasteiger partial charge is 0.337 e. The number of esters is 1. The molecule has 8 heteroatoms. The summed E-state index contributed by atoms with van der Waals surface area (Å²) < 4.78 is 4.76. The molecule has 1 aliphatic heterocycles. The Hall–Kier alpha value is -3.94. The highest BCUT2D eigenvalue weighted by Gasteiger charge is 2.60. The van der Waals surface area contributed by atoms with E-state index in [0.29, 0.717) is 37.1 Å². The van der Waals surface area contributed by atoms with Crippen LogP contribution in [0.1, 0.15) is 28.8 Å². The molecule has 2 fully saturated rings. The summed E-state index contributed by atoms with van der Waals surface area (Å²) in [5.41, 5.74) is 0.765. The number of amides is 3. The van der Waals surface area contributed by atoms with Gasteiger partial charge in [-0.3, -0.25) is 14.4 Å². The lowest BCUT2D eigenvalue weighted by atomic mass is 9.99. The maximum Gasteiger partial charge on any atom is 0.337 e. The zero-order valence-electron chi connectivity index (χ0n) is 19.0. The summed E-state index contributed by atoms with van der Waals surface area (Å²) >= 11 is 0. The summed E-state index contributed by atoms with van der Waals surface area (Å²) in [6.45, 7) is 4.14. The van der Waals surface area contributed by atoms with Crippen LogP contribution in [0.5, 0.6) is 0 Å². The average Bonchev–Trinajstić information content (AvgIpc) is 3.65. The standard InChI is InChI=1S/C26H27N3O5/c1-3-22(30)29-15-14-28(25(33)26(29)12-13-26)21(16-18-8-5-4-6-9-18)23(31)27-20-11-7-10-19(17-20)24(32)34-2/h3-11,17,21H,1,12-16H2,2H3,(H,27,31)/t21-/m0/s1. The van der Waals surface area contributed by atoms with Gasteiger partial charge in [0.2, 0.25) is 17.7 Å². The van der Waals surface area contributed by atoms with Crippen molar-refractivity contribution in [2.45, 2.75) is 30.8 Å². The first-order valence-electron chi connectivity index (χ1n) is 11.2. The van der Waals surface area contributed by atoms with Gasteiger partial charge in [-0.25, -0.2) is 4.79 Å². The Morgan fingerprint density at radius 3 is 2.50 bits per heavy atom. The van der Waals surface area contributed by atoms with Crippen molar-refractivity contribution in [3.05, 3.63) is 78.4 Å². The van der Waals surface area contributed by atoms with E-state index in [9.17, 15) is 19.2 Å². The third-order valence-corrected chi connectivity index (χ3v) is 6.41. The molecule has 3 amide bonds. The second-order valence-corrected chi connectivity index (χ2v) is 8.49. The van der Waals surface area contributed by atoms with Gasteiger partial charge in [0.05, 0.1) is 12.7 Å². The molecule has 1 saturated carbocycles. The Morgan fingerprint density at radius 1 is 1.12 bits per heavy atom. The lowest BCUT2D eigenvalue weighted by molar-refractivity contribution is -0.155. The van der Waals surface area contributed by atoms with Gasteiger partial charge in [0.25, 0.3) is 0 Å². The Bertz CT molecular complexity index is 1130. The van der Waals surface area contributed by atoms with Gasteiger partial charge >= 0.3 is 5.97 Å². The van der Waals surface area contributed by atoms with Gasteiger partial charge < -0.3 is 19.9 Å². The number of rotatable bonds is 7. The van der Waals surface area contributed by atoms with Crippen molar-refractivity contribution in [3.63, 3.8) is 0 Å². The Morgan fingerprint density at radius 2 is 1.85 bits per heavy atom. The molecule has 0 radical (unpaired) electrons. The fourth-order valence-corrected chi connectivity index (χ4v) is 4.49. The highest BCUT2D eigenvalue weighted by Crippen LogP contribution is 2.46. The summed E-state index contributed by atoms with van der Waals surface area (Å²) in [7, 11) is 1.29. The Kier molecular flexibility index (Phi) is 6.49. The summed E-state index contributed by atoms with van der Waals surface area (Å²) in [5.74, 6) is -1.35. The van der Waals surface area contributed by atoms with Crippen LogP contribution >= 0.6 is 0 Å². The van der Waals surface area contributed by atoms with Crippen LogP contribution in [0.3, 0.4) is 0 Å². The Labute approximate surface area is 198 Å². The van der Waals surface area contributed by atoms with Crippen LogP contribution in [0.2, 0.25) is 0 Å². The van der Waals surface area contributed by atoms with Crippen molar-refractivity contribution < 1.29 is 23.9 Å². The number of carbonyl (C=O) groups excluding carboxylic acids is 4. The third kappa shape index (κ3) is 4.44. The molecular formula is C26H27N3O5. The maximum absolute atomic E-state index is 13.6. The predicted octanol–water partition coefficient (Wildman–Crippen LogP) is 2.41. The van der Waals surface area contributed by atoms with Crippen molar-refractivity contribution >= 4 is 29.4 Å². The number of methoxy groups -OCH3 is 1. The first kappa shape index (κ1) is 23.2. The molecule has 0 aromatic heterocycles. The zero-order chi connectivity index (χ0) is 24.3. The molecule has 1 N–H and O–H groups in total. The van der Waals surface area contributed by atoms with Gasteiger partial charge in [-0.05, 0) is 42.7 Å². The van der Waals surface area contributed by atoms with Crippen molar-refractivity contribution in [3.8, 4) is 0 Å². The van der Waals surface area contributed by atoms with Gasteiger partial charge in [-0.2, -0.15) is 0 Å². The molecular weight excluding hydrogens is 434 g/mol. The largest absolute Gasteiger partial charge is 0.465 e. The van der Waals surface area contributed by atoms with Crippen LogP contribution in [-0.2, 0) is 25.5 Å². The molecule has 2 aliphatic rings.